The lowest BCUT2D eigenvalue weighted by atomic mass is 9.65. The summed E-state index contributed by atoms with van der Waals surface area (Å²) < 4.78 is 5.53. The zero-order valence-electron chi connectivity index (χ0n) is 12.2. The van der Waals surface area contributed by atoms with Crippen LogP contribution in [-0.2, 0) is 19.7 Å². The van der Waals surface area contributed by atoms with Gasteiger partial charge in [-0.3, -0.25) is 9.59 Å². The van der Waals surface area contributed by atoms with Crippen LogP contribution in [0.15, 0.2) is 47.1 Å². The first kappa shape index (κ1) is 13.6. The third kappa shape index (κ3) is 1.51. The highest BCUT2D eigenvalue weighted by Gasteiger charge is 2.59. The number of nitriles is 1. The van der Waals surface area contributed by atoms with Crippen molar-refractivity contribution in [2.75, 3.05) is 5.32 Å². The maximum Gasteiger partial charge on any atom is 0.245 e. The Kier molecular flexibility index (Phi) is 2.64. The van der Waals surface area contributed by atoms with Crippen molar-refractivity contribution in [3.05, 3.63) is 52.6 Å². The number of anilines is 1. The third-order valence-electron chi connectivity index (χ3n) is 4.63. The second-order valence-electron chi connectivity index (χ2n) is 5.78. The number of hydrogen-bond acceptors (Lipinski definition) is 5. The lowest BCUT2D eigenvalue weighted by molar-refractivity contribution is -0.123. The van der Waals surface area contributed by atoms with Gasteiger partial charge in [0.05, 0.1) is 5.57 Å². The molecule has 0 saturated heterocycles. The molecular weight excluding hydrogens is 294 g/mol. The molecule has 0 unspecified atom stereocenters. The van der Waals surface area contributed by atoms with E-state index in [-0.39, 0.29) is 22.8 Å². The number of benzene rings is 1. The van der Waals surface area contributed by atoms with Gasteiger partial charge in [-0.25, -0.2) is 0 Å². The Morgan fingerprint density at radius 3 is 2.83 bits per heavy atom. The molecule has 4 rings (SSSR count). The minimum Gasteiger partial charge on any atom is -0.444 e. The summed E-state index contributed by atoms with van der Waals surface area (Å²) in [5.74, 6) is -0.292. The van der Waals surface area contributed by atoms with E-state index in [9.17, 15) is 14.9 Å². The van der Waals surface area contributed by atoms with Crippen LogP contribution in [0.2, 0.25) is 0 Å². The molecule has 2 aliphatic heterocycles. The molecule has 0 fully saturated rings. The van der Waals surface area contributed by atoms with Crippen molar-refractivity contribution in [3.8, 4) is 6.07 Å². The van der Waals surface area contributed by atoms with Gasteiger partial charge in [-0.1, -0.05) is 18.2 Å². The maximum absolute atomic E-state index is 12.9. The van der Waals surface area contributed by atoms with E-state index in [1.54, 1.807) is 24.3 Å². The van der Waals surface area contributed by atoms with E-state index in [0.717, 1.165) is 0 Å². The number of Topliss-reactive ketones (excluding diaryl/α,β-unsaturated/α-hetero) is 1. The van der Waals surface area contributed by atoms with Crippen LogP contribution < -0.4 is 11.1 Å². The number of carbonyl (C=O) groups excluding carboxylic acids is 2. The molecule has 0 saturated carbocycles. The normalized spacial score (nSPS) is 25.7. The SMILES string of the molecule is N#CC1=C(N)OC2=C(C(=O)CCC2)[C@@]12C(=O)Nc1ccccc12. The molecule has 1 aromatic carbocycles. The molecule has 2 heterocycles. The third-order valence-corrected chi connectivity index (χ3v) is 4.63. The number of ether oxygens (including phenoxy) is 1. The van der Waals surface area contributed by atoms with Gasteiger partial charge < -0.3 is 15.8 Å². The number of hydrogen-bond donors (Lipinski definition) is 2. The highest BCUT2D eigenvalue weighted by molar-refractivity contribution is 6.19. The highest BCUT2D eigenvalue weighted by atomic mass is 16.5. The first-order valence-corrected chi connectivity index (χ1v) is 7.36. The molecule has 0 aromatic heterocycles. The van der Waals surface area contributed by atoms with Gasteiger partial charge in [-0.15, -0.1) is 0 Å². The van der Waals surface area contributed by atoms with Crippen LogP contribution in [0.1, 0.15) is 24.8 Å². The number of nitrogens with zero attached hydrogens (tertiary/aromatic N) is 1. The van der Waals surface area contributed by atoms with Gasteiger partial charge in [-0.2, -0.15) is 5.26 Å². The molecule has 1 aliphatic carbocycles. The van der Waals surface area contributed by atoms with E-state index in [1.165, 1.54) is 0 Å². The predicted molar refractivity (Wildman–Crippen MR) is 80.5 cm³/mol. The molecule has 3 aliphatic rings. The van der Waals surface area contributed by atoms with Gasteiger partial charge >= 0.3 is 0 Å². The van der Waals surface area contributed by atoms with Crippen LogP contribution in [0.5, 0.6) is 0 Å². The number of allylic oxidation sites excluding steroid dienone is 1. The zero-order valence-corrected chi connectivity index (χ0v) is 12.2. The van der Waals surface area contributed by atoms with Crippen LogP contribution in [0.4, 0.5) is 5.69 Å². The zero-order chi connectivity index (χ0) is 16.2. The van der Waals surface area contributed by atoms with E-state index >= 15 is 0 Å². The van der Waals surface area contributed by atoms with Crippen LogP contribution in [0.25, 0.3) is 0 Å². The molecule has 1 amide bonds. The fourth-order valence-corrected chi connectivity index (χ4v) is 3.72. The van der Waals surface area contributed by atoms with E-state index in [2.05, 4.69) is 5.32 Å². The number of nitrogens with two attached hydrogens (primary N) is 1. The number of fused-ring (bicyclic) bond motifs is 3. The summed E-state index contributed by atoms with van der Waals surface area (Å²) in [6.07, 6.45) is 1.50. The van der Waals surface area contributed by atoms with E-state index < -0.39 is 11.3 Å². The number of rotatable bonds is 0. The van der Waals surface area contributed by atoms with Crippen molar-refractivity contribution in [1.29, 1.82) is 5.26 Å². The van der Waals surface area contributed by atoms with E-state index in [4.69, 9.17) is 10.5 Å². The van der Waals surface area contributed by atoms with Crippen LogP contribution in [0, 0.1) is 11.3 Å². The number of amides is 1. The highest BCUT2D eigenvalue weighted by Crippen LogP contribution is 2.53. The molecule has 6 heteroatoms. The van der Waals surface area contributed by atoms with Crippen molar-refractivity contribution in [1.82, 2.24) is 0 Å². The van der Waals surface area contributed by atoms with E-state index in [1.807, 2.05) is 6.07 Å². The fraction of sp³-hybridized carbons (Fsp3) is 0.235. The van der Waals surface area contributed by atoms with Gasteiger partial charge in [0.1, 0.15) is 22.8 Å². The molecule has 23 heavy (non-hydrogen) atoms. The van der Waals surface area contributed by atoms with Crippen molar-refractivity contribution < 1.29 is 14.3 Å². The molecule has 1 aromatic rings. The summed E-state index contributed by atoms with van der Waals surface area (Å²) in [6, 6.07) is 9.04. The van der Waals surface area contributed by atoms with Gasteiger partial charge in [0.2, 0.25) is 11.8 Å². The van der Waals surface area contributed by atoms with Crippen molar-refractivity contribution in [2.45, 2.75) is 24.7 Å². The predicted octanol–water partition coefficient (Wildman–Crippen LogP) is 1.61. The Hall–Kier alpha value is -3.07. The Bertz CT molecular complexity index is 875. The maximum atomic E-state index is 12.9. The number of carbonyl (C=O) groups is 2. The Morgan fingerprint density at radius 2 is 2.04 bits per heavy atom. The summed E-state index contributed by atoms with van der Waals surface area (Å²) in [5.41, 5.74) is 5.85. The van der Waals surface area contributed by atoms with Crippen LogP contribution in [-0.4, -0.2) is 11.7 Å². The summed E-state index contributed by atoms with van der Waals surface area (Å²) >= 11 is 0. The van der Waals surface area contributed by atoms with Crippen molar-refractivity contribution in [3.63, 3.8) is 0 Å². The van der Waals surface area contributed by atoms with Crippen LogP contribution >= 0.6 is 0 Å². The average molecular weight is 307 g/mol. The Labute approximate surface area is 132 Å². The minimum absolute atomic E-state index is 0.0195. The first-order valence-electron chi connectivity index (χ1n) is 7.36. The Morgan fingerprint density at radius 1 is 1.26 bits per heavy atom. The Balaban J connectivity index is 2.12. The largest absolute Gasteiger partial charge is 0.444 e. The number of nitrogens with one attached hydrogen (secondary N) is 1. The van der Waals surface area contributed by atoms with Crippen LogP contribution in [0.3, 0.4) is 0 Å². The monoisotopic (exact) mass is 307 g/mol. The summed E-state index contributed by atoms with van der Waals surface area (Å²) in [7, 11) is 0. The smallest absolute Gasteiger partial charge is 0.245 e. The molecule has 6 nitrogen and oxygen atoms in total. The second-order valence-corrected chi connectivity index (χ2v) is 5.78. The lowest BCUT2D eigenvalue weighted by Gasteiger charge is -2.36. The van der Waals surface area contributed by atoms with Crippen molar-refractivity contribution in [2.24, 2.45) is 5.73 Å². The van der Waals surface area contributed by atoms with Gasteiger partial charge in [-0.05, 0) is 12.5 Å². The van der Waals surface area contributed by atoms with Gasteiger partial charge in [0.15, 0.2) is 5.78 Å². The van der Waals surface area contributed by atoms with Crippen molar-refractivity contribution >= 4 is 17.4 Å². The standard InChI is InChI=1S/C17H13N3O3/c18-8-10-15(19)23-13-7-3-6-12(21)14(13)17(10)9-4-1-2-5-11(9)20-16(17)22/h1-2,4-5H,3,6-7,19H2,(H,20,22)/t17-/m0/s1. The second kappa shape index (κ2) is 4.46. The molecule has 3 N–H and O–H groups in total. The van der Waals surface area contributed by atoms with Gasteiger partial charge in [0.25, 0.3) is 0 Å². The van der Waals surface area contributed by atoms with E-state index in [0.29, 0.717) is 36.3 Å². The van der Waals surface area contributed by atoms with Gasteiger partial charge in [0, 0.05) is 24.1 Å². The fourth-order valence-electron chi connectivity index (χ4n) is 3.72. The summed E-state index contributed by atoms with van der Waals surface area (Å²) in [6.45, 7) is 0. The minimum atomic E-state index is -1.49. The number of para-hydroxylation sites is 1. The molecule has 0 radical (unpaired) electrons. The molecule has 114 valence electrons. The quantitative estimate of drug-likeness (QED) is 0.757. The molecule has 1 atom stereocenters. The number of ketones is 1. The molecular formula is C17H13N3O3. The average Bonchev–Trinajstić information content (AvgIpc) is 2.81. The molecule has 1 spiro atoms. The first-order chi connectivity index (χ1) is 11.1. The lowest BCUT2D eigenvalue weighted by Crippen LogP contribution is -2.46. The summed E-state index contributed by atoms with van der Waals surface area (Å²) in [5, 5.41) is 12.4. The topological polar surface area (TPSA) is 105 Å². The summed E-state index contributed by atoms with van der Waals surface area (Å²) in [4.78, 5) is 25.6. The molecule has 0 bridgehead atoms.